The van der Waals surface area contributed by atoms with E-state index in [2.05, 4.69) is 43.9 Å². The molecule has 0 fully saturated rings. The Kier molecular flexibility index (Phi) is 6.00. The van der Waals surface area contributed by atoms with E-state index in [9.17, 15) is 4.79 Å². The van der Waals surface area contributed by atoms with Crippen molar-refractivity contribution in [1.29, 1.82) is 0 Å². The van der Waals surface area contributed by atoms with Gasteiger partial charge in [0.1, 0.15) is 0 Å². The van der Waals surface area contributed by atoms with E-state index in [4.69, 9.17) is 0 Å². The molecule has 0 aliphatic carbocycles. The number of aromatic nitrogens is 5. The molecular weight excluding hydrogens is 368 g/mol. The van der Waals surface area contributed by atoms with Crippen LogP contribution >= 0.6 is 23.1 Å². The Balaban J connectivity index is 1.80. The van der Waals surface area contributed by atoms with Crippen LogP contribution in [0.5, 0.6) is 0 Å². The molecule has 1 N–H and O–H groups in total. The first-order valence-corrected chi connectivity index (χ1v) is 10.0. The van der Waals surface area contributed by atoms with Crippen LogP contribution in [0.2, 0.25) is 0 Å². The standard InChI is InChI=1S/C17H20N6OS2/c1-11(2)10-23-14(13-5-4-6-18-9-13)21-22-17(23)26-12(3)15(24)20-16-19-7-8-25-16/h4-9,11-12H,10H2,1-3H3,(H,19,20,24)/t12-/m1/s1. The highest BCUT2D eigenvalue weighted by Gasteiger charge is 2.22. The van der Waals surface area contributed by atoms with Gasteiger partial charge in [0.2, 0.25) is 5.91 Å². The molecule has 0 saturated heterocycles. The van der Waals surface area contributed by atoms with Crippen molar-refractivity contribution in [3.63, 3.8) is 0 Å². The average Bonchev–Trinajstić information content (AvgIpc) is 3.26. The number of nitrogens with zero attached hydrogens (tertiary/aromatic N) is 5. The zero-order valence-electron chi connectivity index (χ0n) is 14.8. The maximum Gasteiger partial charge on any atom is 0.239 e. The van der Waals surface area contributed by atoms with Crippen molar-refractivity contribution in [2.45, 2.75) is 37.7 Å². The smallest absolute Gasteiger partial charge is 0.239 e. The summed E-state index contributed by atoms with van der Waals surface area (Å²) in [6, 6.07) is 3.83. The Morgan fingerprint density at radius 3 is 2.81 bits per heavy atom. The molecule has 0 saturated carbocycles. The summed E-state index contributed by atoms with van der Waals surface area (Å²) >= 11 is 2.79. The summed E-state index contributed by atoms with van der Waals surface area (Å²) in [6.07, 6.45) is 5.17. The number of carbonyl (C=O) groups excluding carboxylic acids is 1. The minimum atomic E-state index is -0.323. The summed E-state index contributed by atoms with van der Waals surface area (Å²) in [7, 11) is 0. The fourth-order valence-electron chi connectivity index (χ4n) is 2.32. The van der Waals surface area contributed by atoms with Crippen LogP contribution in [0, 0.1) is 5.92 Å². The van der Waals surface area contributed by atoms with E-state index in [-0.39, 0.29) is 11.2 Å². The lowest BCUT2D eigenvalue weighted by Crippen LogP contribution is -2.23. The van der Waals surface area contributed by atoms with E-state index in [0.717, 1.165) is 23.1 Å². The maximum atomic E-state index is 12.4. The Hall–Kier alpha value is -2.26. The van der Waals surface area contributed by atoms with Crippen molar-refractivity contribution in [3.05, 3.63) is 36.1 Å². The molecule has 3 rings (SSSR count). The third-order valence-corrected chi connectivity index (χ3v) is 5.27. The first-order chi connectivity index (χ1) is 12.5. The molecule has 0 aromatic carbocycles. The summed E-state index contributed by atoms with van der Waals surface area (Å²) in [5, 5.41) is 14.3. The largest absolute Gasteiger partial charge is 0.302 e. The molecular formula is C17H20N6OS2. The molecule has 136 valence electrons. The van der Waals surface area contributed by atoms with E-state index < -0.39 is 0 Å². The number of hydrogen-bond acceptors (Lipinski definition) is 7. The van der Waals surface area contributed by atoms with Crippen LogP contribution < -0.4 is 5.32 Å². The van der Waals surface area contributed by atoms with E-state index >= 15 is 0 Å². The predicted octanol–water partition coefficient (Wildman–Crippen LogP) is 3.57. The zero-order chi connectivity index (χ0) is 18.5. The lowest BCUT2D eigenvalue weighted by atomic mass is 10.2. The monoisotopic (exact) mass is 388 g/mol. The predicted molar refractivity (Wildman–Crippen MR) is 104 cm³/mol. The SMILES string of the molecule is CC(C)Cn1c(S[C@H](C)C(=O)Nc2nccs2)nnc1-c1cccnc1. The van der Waals surface area contributed by atoms with Crippen molar-refractivity contribution in [2.75, 3.05) is 5.32 Å². The van der Waals surface area contributed by atoms with Gasteiger partial charge in [-0.15, -0.1) is 21.5 Å². The fraction of sp³-hybridized carbons (Fsp3) is 0.353. The average molecular weight is 389 g/mol. The van der Waals surface area contributed by atoms with Gasteiger partial charge >= 0.3 is 0 Å². The molecule has 9 heteroatoms. The molecule has 0 bridgehead atoms. The number of rotatable bonds is 7. The Morgan fingerprint density at radius 1 is 1.31 bits per heavy atom. The first kappa shape index (κ1) is 18.5. The maximum absolute atomic E-state index is 12.4. The van der Waals surface area contributed by atoms with Crippen LogP contribution in [0.3, 0.4) is 0 Å². The lowest BCUT2D eigenvalue weighted by molar-refractivity contribution is -0.115. The summed E-state index contributed by atoms with van der Waals surface area (Å²) in [4.78, 5) is 20.6. The quantitative estimate of drug-likeness (QED) is 0.623. The van der Waals surface area contributed by atoms with Crippen LogP contribution in [0.1, 0.15) is 20.8 Å². The molecule has 3 aromatic heterocycles. The van der Waals surface area contributed by atoms with Crippen molar-refractivity contribution < 1.29 is 4.79 Å². The van der Waals surface area contributed by atoms with Gasteiger partial charge in [-0.3, -0.25) is 9.78 Å². The Bertz CT molecular complexity index is 848. The highest BCUT2D eigenvalue weighted by Crippen LogP contribution is 2.28. The summed E-state index contributed by atoms with van der Waals surface area (Å²) in [5.74, 6) is 1.08. The van der Waals surface area contributed by atoms with Gasteiger partial charge < -0.3 is 9.88 Å². The normalized spacial score (nSPS) is 12.3. The topological polar surface area (TPSA) is 85.6 Å². The van der Waals surface area contributed by atoms with Gasteiger partial charge in [-0.25, -0.2) is 4.98 Å². The van der Waals surface area contributed by atoms with E-state index in [1.807, 2.05) is 24.4 Å². The molecule has 0 aliphatic heterocycles. The summed E-state index contributed by atoms with van der Waals surface area (Å²) in [5.41, 5.74) is 0.910. The number of amides is 1. The molecule has 0 spiro atoms. The Morgan fingerprint density at radius 2 is 2.15 bits per heavy atom. The number of thiazole rings is 1. The van der Waals surface area contributed by atoms with Crippen LogP contribution in [0.4, 0.5) is 5.13 Å². The van der Waals surface area contributed by atoms with Crippen molar-refractivity contribution >= 4 is 34.1 Å². The van der Waals surface area contributed by atoms with E-state index in [0.29, 0.717) is 11.0 Å². The third kappa shape index (κ3) is 4.47. The summed E-state index contributed by atoms with van der Waals surface area (Å²) < 4.78 is 2.06. The van der Waals surface area contributed by atoms with Crippen LogP contribution in [-0.4, -0.2) is 35.9 Å². The number of thioether (sulfide) groups is 1. The van der Waals surface area contributed by atoms with Gasteiger partial charge in [-0.05, 0) is 25.0 Å². The molecule has 0 radical (unpaired) electrons. The van der Waals surface area contributed by atoms with Crippen LogP contribution in [0.15, 0.2) is 41.3 Å². The van der Waals surface area contributed by atoms with Crippen molar-refractivity contribution in [1.82, 2.24) is 24.7 Å². The fourth-order valence-corrected chi connectivity index (χ4v) is 3.71. The van der Waals surface area contributed by atoms with Gasteiger partial charge in [0.25, 0.3) is 0 Å². The second-order valence-corrected chi connectivity index (χ2v) is 8.34. The van der Waals surface area contributed by atoms with Gasteiger partial charge in [-0.1, -0.05) is 25.6 Å². The van der Waals surface area contributed by atoms with Gasteiger partial charge in [0.05, 0.1) is 5.25 Å². The third-order valence-electron chi connectivity index (χ3n) is 3.50. The molecule has 3 aromatic rings. The van der Waals surface area contributed by atoms with Crippen LogP contribution in [-0.2, 0) is 11.3 Å². The van der Waals surface area contributed by atoms with Gasteiger partial charge in [0, 0.05) is 36.1 Å². The number of carbonyl (C=O) groups is 1. The van der Waals surface area contributed by atoms with E-state index in [1.165, 1.54) is 23.1 Å². The highest BCUT2D eigenvalue weighted by atomic mass is 32.2. The van der Waals surface area contributed by atoms with Crippen LogP contribution in [0.25, 0.3) is 11.4 Å². The van der Waals surface area contributed by atoms with E-state index in [1.54, 1.807) is 18.6 Å². The number of pyridine rings is 1. The number of nitrogens with one attached hydrogen (secondary N) is 1. The van der Waals surface area contributed by atoms with Crippen molar-refractivity contribution in [2.24, 2.45) is 5.92 Å². The molecule has 0 unspecified atom stereocenters. The molecule has 26 heavy (non-hydrogen) atoms. The highest BCUT2D eigenvalue weighted by molar-refractivity contribution is 8.00. The molecule has 1 amide bonds. The first-order valence-electron chi connectivity index (χ1n) is 8.25. The number of anilines is 1. The second-order valence-electron chi connectivity index (χ2n) is 6.14. The minimum Gasteiger partial charge on any atom is -0.302 e. The number of hydrogen-bond donors (Lipinski definition) is 1. The molecule has 3 heterocycles. The Labute approximate surface area is 160 Å². The summed E-state index contributed by atoms with van der Waals surface area (Å²) in [6.45, 7) is 6.90. The van der Waals surface area contributed by atoms with Gasteiger partial charge in [-0.2, -0.15) is 0 Å². The molecule has 0 aliphatic rings. The van der Waals surface area contributed by atoms with Crippen molar-refractivity contribution in [3.8, 4) is 11.4 Å². The lowest BCUT2D eigenvalue weighted by Gasteiger charge is -2.14. The molecule has 7 nitrogen and oxygen atoms in total. The second kappa shape index (κ2) is 8.41. The molecule has 1 atom stereocenters. The zero-order valence-corrected chi connectivity index (χ0v) is 16.4. The minimum absolute atomic E-state index is 0.105. The van der Waals surface area contributed by atoms with Gasteiger partial charge in [0.15, 0.2) is 16.1 Å².